The van der Waals surface area contributed by atoms with Crippen LogP contribution >= 0.6 is 0 Å². The Morgan fingerprint density at radius 3 is 1.03 bits per heavy atom. The molecule has 16 rings (SSSR count). The lowest BCUT2D eigenvalue weighted by Gasteiger charge is -2.21. The van der Waals surface area contributed by atoms with E-state index in [9.17, 15) is 0 Å². The highest BCUT2D eigenvalue weighted by Gasteiger charge is 2.25. The van der Waals surface area contributed by atoms with Gasteiger partial charge in [0.15, 0.2) is 17.5 Å². The Morgan fingerprint density at radius 2 is 0.535 bits per heavy atom. The summed E-state index contributed by atoms with van der Waals surface area (Å²) >= 11 is 0. The van der Waals surface area contributed by atoms with E-state index in [1.807, 2.05) is 0 Å². The van der Waals surface area contributed by atoms with Gasteiger partial charge in [0.05, 0.1) is 27.8 Å². The van der Waals surface area contributed by atoms with Gasteiger partial charge in [-0.15, -0.1) is 0 Å². The van der Waals surface area contributed by atoms with Gasteiger partial charge in [0.25, 0.3) is 0 Å². The molecule has 0 N–H and O–H groups in total. The Labute approximate surface area is 498 Å². The lowest BCUT2D eigenvalue weighted by molar-refractivity contribution is 1.07. The van der Waals surface area contributed by atoms with E-state index >= 15 is 0 Å². The van der Waals surface area contributed by atoms with Crippen molar-refractivity contribution in [3.05, 3.63) is 322 Å². The van der Waals surface area contributed by atoms with Crippen molar-refractivity contribution in [2.24, 2.45) is 0 Å². The van der Waals surface area contributed by atoms with E-state index < -0.39 is 0 Å². The molecule has 0 atom stereocenters. The van der Waals surface area contributed by atoms with Gasteiger partial charge in [-0.25, -0.2) is 15.0 Å². The first-order chi connectivity index (χ1) is 42.6. The van der Waals surface area contributed by atoms with E-state index in [1.54, 1.807) is 0 Å². The molecule has 0 saturated heterocycles. The smallest absolute Gasteiger partial charge is 0.164 e. The van der Waals surface area contributed by atoms with Crippen molar-refractivity contribution >= 4 is 43.6 Å². The number of rotatable bonds is 11. The average Bonchev–Trinajstić information content (AvgIpc) is 4.26. The Morgan fingerprint density at radius 1 is 0.186 bits per heavy atom. The second-order valence-electron chi connectivity index (χ2n) is 21.9. The van der Waals surface area contributed by atoms with Crippen LogP contribution in [0.2, 0.25) is 0 Å². The third-order valence-electron chi connectivity index (χ3n) is 16.7. The van der Waals surface area contributed by atoms with Gasteiger partial charge in [0.1, 0.15) is 0 Å². The Balaban J connectivity index is 0.981. The van der Waals surface area contributed by atoms with Gasteiger partial charge in [-0.05, 0) is 122 Å². The van der Waals surface area contributed by atoms with Gasteiger partial charge >= 0.3 is 0 Å². The van der Waals surface area contributed by atoms with Gasteiger partial charge in [-0.3, -0.25) is 0 Å². The summed E-state index contributed by atoms with van der Waals surface area (Å²) in [5.41, 5.74) is 22.4. The molecule has 0 fully saturated rings. The number of aromatic nitrogens is 5. The van der Waals surface area contributed by atoms with E-state index in [2.05, 4.69) is 331 Å². The van der Waals surface area contributed by atoms with E-state index in [4.69, 9.17) is 15.0 Å². The number of nitrogens with zero attached hydrogens (tertiary/aromatic N) is 5. The van der Waals surface area contributed by atoms with Gasteiger partial charge < -0.3 is 9.13 Å². The second kappa shape index (κ2) is 21.3. The fourth-order valence-electron chi connectivity index (χ4n) is 12.6. The molecule has 86 heavy (non-hydrogen) atoms. The molecule has 0 aliphatic carbocycles. The normalized spacial score (nSPS) is 11.5. The summed E-state index contributed by atoms with van der Waals surface area (Å²) in [4.78, 5) is 16.5. The number of fused-ring (bicyclic) bond motifs is 6. The minimum absolute atomic E-state index is 0.563. The number of hydrogen-bond acceptors (Lipinski definition) is 3. The van der Waals surface area contributed by atoms with Crippen molar-refractivity contribution in [3.8, 4) is 112 Å². The first-order valence-electron chi connectivity index (χ1n) is 29.2. The minimum atomic E-state index is 0.563. The van der Waals surface area contributed by atoms with Crippen molar-refractivity contribution in [3.63, 3.8) is 0 Å². The topological polar surface area (TPSA) is 48.5 Å². The summed E-state index contributed by atoms with van der Waals surface area (Å²) in [6, 6.07) is 115. The fraction of sp³-hybridized carbons (Fsp3) is 0. The monoisotopic (exact) mass is 1100 g/mol. The summed E-state index contributed by atoms with van der Waals surface area (Å²) in [5.74, 6) is 1.72. The van der Waals surface area contributed by atoms with Crippen LogP contribution in [0.1, 0.15) is 0 Å². The van der Waals surface area contributed by atoms with Crippen molar-refractivity contribution in [2.45, 2.75) is 0 Å². The van der Waals surface area contributed by atoms with Gasteiger partial charge in [-0.1, -0.05) is 255 Å². The second-order valence-corrected chi connectivity index (χ2v) is 21.9. The predicted molar refractivity (Wildman–Crippen MR) is 357 cm³/mol. The zero-order valence-corrected chi connectivity index (χ0v) is 46.8. The quantitative estimate of drug-likeness (QED) is 0.130. The molecule has 5 nitrogen and oxygen atoms in total. The summed E-state index contributed by atoms with van der Waals surface area (Å²) in [6.07, 6.45) is 0. The van der Waals surface area contributed by atoms with Crippen LogP contribution in [0.5, 0.6) is 0 Å². The molecule has 0 radical (unpaired) electrons. The van der Waals surface area contributed by atoms with Crippen molar-refractivity contribution < 1.29 is 0 Å². The SMILES string of the molecule is c1ccc(-c2ccc(-c3nc(-c4cc(-c5ccccc5)cc(-c5ccccc5)c4)nc(-c4cc(-c5ccccc5)c(-n5c6ccc(-c7ccccc7)cc6c6ccc(-n7c8ccccc8c8ccccc87)cc65)c(-c5ccccc5)c4)n3)cc2)cc1. The Kier molecular flexibility index (Phi) is 12.5. The molecular formula is C81H53N5. The Bertz CT molecular complexity index is 5000. The van der Waals surface area contributed by atoms with E-state index in [1.165, 1.54) is 16.3 Å². The molecule has 3 heterocycles. The lowest BCUT2D eigenvalue weighted by Crippen LogP contribution is -2.04. The van der Waals surface area contributed by atoms with Crippen LogP contribution in [0.25, 0.3) is 156 Å². The number of hydrogen-bond donors (Lipinski definition) is 0. The summed E-state index contributed by atoms with van der Waals surface area (Å²) in [5, 5.41) is 4.76. The molecule has 13 aromatic carbocycles. The van der Waals surface area contributed by atoms with Crippen LogP contribution in [0.3, 0.4) is 0 Å². The largest absolute Gasteiger partial charge is 0.309 e. The van der Waals surface area contributed by atoms with Crippen molar-refractivity contribution in [2.75, 3.05) is 0 Å². The first-order valence-corrected chi connectivity index (χ1v) is 29.2. The summed E-state index contributed by atoms with van der Waals surface area (Å²) < 4.78 is 4.94. The highest BCUT2D eigenvalue weighted by molar-refractivity contribution is 6.14. The molecule has 0 saturated carbocycles. The molecule has 0 bridgehead atoms. The molecule has 0 aliphatic rings. The zero-order valence-electron chi connectivity index (χ0n) is 46.8. The highest BCUT2D eigenvalue weighted by Crippen LogP contribution is 2.46. The average molecular weight is 1100 g/mol. The zero-order chi connectivity index (χ0) is 56.9. The van der Waals surface area contributed by atoms with Gasteiger partial charge in [0, 0.05) is 55.0 Å². The van der Waals surface area contributed by atoms with E-state index in [-0.39, 0.29) is 0 Å². The van der Waals surface area contributed by atoms with E-state index in [0.717, 1.165) is 122 Å². The molecule has 0 amide bonds. The number of para-hydroxylation sites is 2. The lowest BCUT2D eigenvalue weighted by atomic mass is 9.92. The number of benzene rings is 13. The molecule has 3 aromatic heterocycles. The maximum Gasteiger partial charge on any atom is 0.164 e. The van der Waals surface area contributed by atoms with Crippen molar-refractivity contribution in [1.29, 1.82) is 0 Å². The molecule has 0 spiro atoms. The van der Waals surface area contributed by atoms with Crippen LogP contribution in [-0.2, 0) is 0 Å². The van der Waals surface area contributed by atoms with Crippen molar-refractivity contribution in [1.82, 2.24) is 24.1 Å². The molecule has 0 unspecified atom stereocenters. The predicted octanol–water partition coefficient (Wildman–Crippen LogP) is 21.1. The molecule has 5 heteroatoms. The van der Waals surface area contributed by atoms with Crippen LogP contribution < -0.4 is 0 Å². The first kappa shape index (κ1) is 50.2. The molecule has 16 aromatic rings. The van der Waals surface area contributed by atoms with Crippen LogP contribution in [-0.4, -0.2) is 24.1 Å². The van der Waals surface area contributed by atoms with Crippen LogP contribution in [0.15, 0.2) is 322 Å². The van der Waals surface area contributed by atoms with Crippen LogP contribution in [0, 0.1) is 0 Å². The maximum absolute atomic E-state index is 5.59. The molecule has 0 aliphatic heterocycles. The standard InChI is InChI=1S/C81H53N5/c1-7-23-54(24-8-1)58-39-41-61(42-40-58)79-82-80(65-48-63(56-27-11-3-12-28-56)47-64(49-65)57-29-13-4-14-30-57)84-81(83-79)66-51-71(59-31-15-5-16-32-59)78(72(52-66)60-33-17-6-18-34-60)86-76-46-43-62(55-25-9-2-10-26-55)50-73(76)70-45-44-67(53-77(70)86)85-74-37-21-19-35-68(74)69-36-20-22-38-75(69)85/h1-53H. The molecular weight excluding hydrogens is 1040 g/mol. The van der Waals surface area contributed by atoms with E-state index in [0.29, 0.717) is 17.5 Å². The molecule has 402 valence electrons. The summed E-state index contributed by atoms with van der Waals surface area (Å²) in [6.45, 7) is 0. The van der Waals surface area contributed by atoms with Gasteiger partial charge in [-0.2, -0.15) is 0 Å². The summed E-state index contributed by atoms with van der Waals surface area (Å²) in [7, 11) is 0. The Hall–Kier alpha value is -11.5. The third kappa shape index (κ3) is 9.03. The maximum atomic E-state index is 5.59. The minimum Gasteiger partial charge on any atom is -0.309 e. The van der Waals surface area contributed by atoms with Gasteiger partial charge in [0.2, 0.25) is 0 Å². The third-order valence-corrected chi connectivity index (χ3v) is 16.7. The fourth-order valence-corrected chi connectivity index (χ4v) is 12.6. The van der Waals surface area contributed by atoms with Crippen LogP contribution in [0.4, 0.5) is 0 Å². The highest BCUT2D eigenvalue weighted by atomic mass is 15.0.